The molecular weight excluding hydrogens is 1250 g/mol. The molecule has 19 heteroatoms. The predicted octanol–water partition coefficient (Wildman–Crippen LogP) is 11.8. The van der Waals surface area contributed by atoms with Crippen molar-refractivity contribution in [1.82, 2.24) is 5.32 Å². The van der Waals surface area contributed by atoms with Gasteiger partial charge in [0.05, 0.1) is 38.6 Å². The summed E-state index contributed by atoms with van der Waals surface area (Å²) in [6.45, 7) is 1.67. The number of ether oxygens (including phenoxy) is 6. The number of rotatable bonds is 58. The summed E-state index contributed by atoms with van der Waals surface area (Å²) in [5.41, 5.74) is 0. The van der Waals surface area contributed by atoms with Crippen molar-refractivity contribution < 1.29 is 89.4 Å². The van der Waals surface area contributed by atoms with Crippen molar-refractivity contribution in [2.45, 2.75) is 356 Å². The van der Waals surface area contributed by atoms with Gasteiger partial charge in [0, 0.05) is 6.42 Å². The van der Waals surface area contributed by atoms with E-state index in [9.17, 15) is 61.0 Å². The van der Waals surface area contributed by atoms with Crippen molar-refractivity contribution in [3.05, 3.63) is 109 Å². The third-order valence-corrected chi connectivity index (χ3v) is 18.4. The lowest BCUT2D eigenvalue weighted by Gasteiger charge is -2.48. The summed E-state index contributed by atoms with van der Waals surface area (Å²) in [6.07, 6.45) is 53.2. The molecule has 0 radical (unpaired) electrons. The average molecular weight is 1390 g/mol. The van der Waals surface area contributed by atoms with Crippen molar-refractivity contribution in [3.63, 3.8) is 0 Å². The Hall–Kier alpha value is -3.55. The van der Waals surface area contributed by atoms with E-state index in [4.69, 9.17) is 28.4 Å². The van der Waals surface area contributed by atoms with Crippen LogP contribution in [0.25, 0.3) is 0 Å². The first-order chi connectivity index (χ1) is 47.8. The number of unbranched alkanes of at least 4 members (excludes halogenated alkanes) is 24. The number of allylic oxidation sites excluding steroid dienone is 18. The van der Waals surface area contributed by atoms with Gasteiger partial charge in [-0.2, -0.15) is 0 Å². The third kappa shape index (κ3) is 39.2. The van der Waals surface area contributed by atoms with Gasteiger partial charge in [-0.3, -0.25) is 4.79 Å². The largest absolute Gasteiger partial charge is 0.394 e. The first-order valence-electron chi connectivity index (χ1n) is 38.1. The summed E-state index contributed by atoms with van der Waals surface area (Å²) in [5.74, 6) is -0.250. The number of hydrogen-bond donors (Lipinski definition) is 12. The molecule has 564 valence electrons. The van der Waals surface area contributed by atoms with E-state index in [-0.39, 0.29) is 18.9 Å². The van der Waals surface area contributed by atoms with Gasteiger partial charge in [0.25, 0.3) is 0 Å². The number of hydrogen-bond acceptors (Lipinski definition) is 18. The summed E-state index contributed by atoms with van der Waals surface area (Å²) in [7, 11) is 0. The van der Waals surface area contributed by atoms with Gasteiger partial charge in [0.2, 0.25) is 5.91 Å². The maximum atomic E-state index is 13.4. The summed E-state index contributed by atoms with van der Waals surface area (Å²) >= 11 is 0. The van der Waals surface area contributed by atoms with E-state index < -0.39 is 124 Å². The molecule has 3 fully saturated rings. The highest BCUT2D eigenvalue weighted by Crippen LogP contribution is 2.33. The monoisotopic (exact) mass is 1390 g/mol. The normalized spacial score (nSPS) is 27.4. The Morgan fingerprint density at radius 1 is 0.378 bits per heavy atom. The molecule has 3 aliphatic heterocycles. The topological polar surface area (TPSA) is 307 Å². The molecule has 0 aliphatic carbocycles. The minimum absolute atomic E-state index is 0.250. The van der Waals surface area contributed by atoms with Crippen LogP contribution in [0.1, 0.15) is 251 Å². The van der Waals surface area contributed by atoms with E-state index in [2.05, 4.69) is 129 Å². The average Bonchev–Trinajstić information content (AvgIpc) is 0.785. The van der Waals surface area contributed by atoms with Crippen LogP contribution in [0.3, 0.4) is 0 Å². The quantitative estimate of drug-likeness (QED) is 0.0199. The molecule has 17 atom stereocenters. The molecule has 0 bridgehead atoms. The Bertz CT molecular complexity index is 2200. The van der Waals surface area contributed by atoms with Crippen LogP contribution in [0.4, 0.5) is 0 Å². The van der Waals surface area contributed by atoms with Crippen molar-refractivity contribution in [2.24, 2.45) is 0 Å². The second-order valence-corrected chi connectivity index (χ2v) is 26.7. The number of aliphatic hydroxyl groups is 11. The molecule has 0 aromatic carbocycles. The zero-order chi connectivity index (χ0) is 71.1. The highest BCUT2D eigenvalue weighted by atomic mass is 16.8. The number of carbonyl (C=O) groups is 1. The fourth-order valence-corrected chi connectivity index (χ4v) is 12.2. The van der Waals surface area contributed by atoms with Crippen LogP contribution in [0.15, 0.2) is 109 Å². The molecule has 0 spiro atoms. The molecule has 12 N–H and O–H groups in total. The second kappa shape index (κ2) is 58.9. The van der Waals surface area contributed by atoms with E-state index in [0.717, 1.165) is 116 Å². The molecule has 17 unspecified atom stereocenters. The lowest BCUT2D eigenvalue weighted by molar-refractivity contribution is -0.379. The van der Waals surface area contributed by atoms with Crippen LogP contribution in [0.5, 0.6) is 0 Å². The minimum atomic E-state index is -1.98. The highest BCUT2D eigenvalue weighted by molar-refractivity contribution is 5.76. The smallest absolute Gasteiger partial charge is 0.220 e. The number of aliphatic hydroxyl groups excluding tert-OH is 11. The first kappa shape index (κ1) is 88.7. The molecule has 3 aliphatic rings. The van der Waals surface area contributed by atoms with Gasteiger partial charge in [-0.25, -0.2) is 0 Å². The zero-order valence-corrected chi connectivity index (χ0v) is 60.0. The molecular formula is C79H135NO18. The van der Waals surface area contributed by atoms with Crippen molar-refractivity contribution in [3.8, 4) is 0 Å². The Kier molecular flexibility index (Phi) is 53.3. The Labute approximate surface area is 589 Å². The Morgan fingerprint density at radius 2 is 0.704 bits per heavy atom. The maximum Gasteiger partial charge on any atom is 0.220 e. The van der Waals surface area contributed by atoms with Crippen molar-refractivity contribution in [1.29, 1.82) is 0 Å². The van der Waals surface area contributed by atoms with E-state index in [0.29, 0.717) is 12.8 Å². The third-order valence-electron chi connectivity index (χ3n) is 18.4. The second-order valence-electron chi connectivity index (χ2n) is 26.7. The molecule has 1 amide bonds. The Morgan fingerprint density at radius 3 is 1.10 bits per heavy atom. The van der Waals surface area contributed by atoms with Crippen LogP contribution in [0, 0.1) is 0 Å². The summed E-state index contributed by atoms with van der Waals surface area (Å²) in [5, 5.41) is 121. The van der Waals surface area contributed by atoms with Gasteiger partial charge in [-0.05, 0) is 83.5 Å². The molecule has 0 saturated carbocycles. The Balaban J connectivity index is 1.33. The molecule has 98 heavy (non-hydrogen) atoms. The van der Waals surface area contributed by atoms with E-state index in [1.165, 1.54) is 103 Å². The van der Waals surface area contributed by atoms with Crippen molar-refractivity contribution in [2.75, 3.05) is 26.4 Å². The first-order valence-corrected chi connectivity index (χ1v) is 38.1. The van der Waals surface area contributed by atoms with Crippen LogP contribution < -0.4 is 5.32 Å². The van der Waals surface area contributed by atoms with Crippen molar-refractivity contribution >= 4 is 5.91 Å². The highest BCUT2D eigenvalue weighted by Gasteiger charge is 2.53. The molecule has 3 saturated heterocycles. The molecule has 3 heterocycles. The lowest BCUT2D eigenvalue weighted by Crippen LogP contribution is -2.66. The standard InChI is InChI=1S/C79H135NO18/c1-3-5-7-9-11-13-15-17-19-20-21-22-23-24-25-26-27-28-29-30-31-32-33-34-35-36-37-38-39-40-41-42-43-45-47-49-51-53-55-57-67(85)80-62(63(84)56-54-52-50-48-46-44-18-16-14-12-10-8-6-4-2)61-93-77-73(91)70(88)75(65(59-82)95-77)98-79-74(92)71(89)76(66(60-83)96-79)97-78-72(90)69(87)68(86)64(58-81)94-78/h5,7,11,13,17,19,21-22,24-25,27-28,30-31,33-34,36-37,62-66,68-79,81-84,86-92H,3-4,6,8-10,12,14-16,18,20,23,26,29,32,35,38-61H2,1-2H3,(H,80,85)/b7-5-,13-11-,19-17-,22-21-,25-24-,28-27-,31-30-,34-33-,37-36-. The van der Waals surface area contributed by atoms with E-state index in [1.54, 1.807) is 0 Å². The summed E-state index contributed by atoms with van der Waals surface area (Å²) in [6, 6.07) is -0.895. The van der Waals surface area contributed by atoms with Gasteiger partial charge in [0.1, 0.15) is 73.2 Å². The van der Waals surface area contributed by atoms with Gasteiger partial charge in [-0.15, -0.1) is 0 Å². The molecule has 19 nitrogen and oxygen atoms in total. The summed E-state index contributed by atoms with van der Waals surface area (Å²) in [4.78, 5) is 13.4. The van der Waals surface area contributed by atoms with Crippen LogP contribution in [-0.4, -0.2) is 193 Å². The van der Waals surface area contributed by atoms with Gasteiger partial charge >= 0.3 is 0 Å². The van der Waals surface area contributed by atoms with Gasteiger partial charge in [-0.1, -0.05) is 271 Å². The van der Waals surface area contributed by atoms with E-state index >= 15 is 0 Å². The van der Waals surface area contributed by atoms with E-state index in [1.807, 2.05) is 0 Å². The van der Waals surface area contributed by atoms with Crippen LogP contribution in [-0.2, 0) is 33.2 Å². The lowest BCUT2D eigenvalue weighted by atomic mass is 9.96. The van der Waals surface area contributed by atoms with Gasteiger partial charge < -0.3 is 89.9 Å². The number of nitrogens with one attached hydrogen (secondary N) is 1. The zero-order valence-electron chi connectivity index (χ0n) is 60.0. The minimum Gasteiger partial charge on any atom is -0.394 e. The summed E-state index contributed by atoms with van der Waals surface area (Å²) < 4.78 is 34.4. The SMILES string of the molecule is CC/C=C\C/C=C\C/C=C\C/C=C\C/C=C\C/C=C\C/C=C\C/C=C\C/C=C\CCCCCCCCCCCCCC(=O)NC(COC1OC(CO)C(OC2OC(CO)C(OC3OC(CO)C(O)C(O)C3O)C(O)C2O)C(O)C1O)C(O)CCCCCCCCCCCCCCCC. The molecule has 3 rings (SSSR count). The van der Waals surface area contributed by atoms with Gasteiger partial charge in [0.15, 0.2) is 18.9 Å². The number of carbonyl (C=O) groups excluding carboxylic acids is 1. The fraction of sp³-hybridized carbons (Fsp3) is 0.759. The maximum absolute atomic E-state index is 13.4. The molecule has 0 aromatic heterocycles. The van der Waals surface area contributed by atoms with Crippen LogP contribution >= 0.6 is 0 Å². The van der Waals surface area contributed by atoms with Crippen LogP contribution in [0.2, 0.25) is 0 Å². The molecule has 0 aromatic rings. The number of amides is 1. The predicted molar refractivity (Wildman–Crippen MR) is 387 cm³/mol. The fourth-order valence-electron chi connectivity index (χ4n) is 12.2.